The van der Waals surface area contributed by atoms with Gasteiger partial charge >= 0.3 is 5.97 Å². The van der Waals surface area contributed by atoms with Crippen LogP contribution in [0.15, 0.2) is 24.3 Å². The molecule has 0 radical (unpaired) electrons. The van der Waals surface area contributed by atoms with Gasteiger partial charge in [0, 0.05) is 0 Å². The smallest absolute Gasteiger partial charge is 0.328 e. The van der Waals surface area contributed by atoms with Crippen LogP contribution in [0.5, 0.6) is 5.75 Å². The largest absolute Gasteiger partial charge is 0.494 e. The number of carboxylic acids is 1. The molecule has 1 aromatic rings. The molecule has 0 aliphatic rings. The van der Waals surface area contributed by atoms with E-state index >= 15 is 0 Å². The highest BCUT2D eigenvalue weighted by Crippen LogP contribution is 2.29. The molecular weight excluding hydrogens is 218 g/mol. The van der Waals surface area contributed by atoms with Gasteiger partial charge in [-0.25, -0.2) is 4.79 Å². The van der Waals surface area contributed by atoms with Crippen molar-refractivity contribution in [2.75, 3.05) is 20.7 Å². The summed E-state index contributed by atoms with van der Waals surface area (Å²) < 4.78 is 5.39. The average Bonchev–Trinajstić information content (AvgIpc) is 2.28. The SMILES string of the molecule is CCOc1cccc([C@@](C)(C(=O)O)N(C)C)c1. The van der Waals surface area contributed by atoms with Crippen molar-refractivity contribution in [1.29, 1.82) is 0 Å². The summed E-state index contributed by atoms with van der Waals surface area (Å²) in [6.45, 7) is 4.14. The maximum atomic E-state index is 11.4. The Hall–Kier alpha value is -1.55. The maximum Gasteiger partial charge on any atom is 0.328 e. The van der Waals surface area contributed by atoms with Crippen molar-refractivity contribution < 1.29 is 14.6 Å². The first-order valence-corrected chi connectivity index (χ1v) is 5.57. The summed E-state index contributed by atoms with van der Waals surface area (Å²) in [5.74, 6) is -0.185. The summed E-state index contributed by atoms with van der Waals surface area (Å²) in [4.78, 5) is 13.1. The second-order valence-corrected chi connectivity index (χ2v) is 4.23. The molecule has 4 heteroatoms. The van der Waals surface area contributed by atoms with Crippen LogP contribution in [0.1, 0.15) is 19.4 Å². The highest BCUT2D eigenvalue weighted by Gasteiger charge is 2.37. The molecule has 0 bridgehead atoms. The van der Waals surface area contributed by atoms with E-state index in [2.05, 4.69) is 0 Å². The van der Waals surface area contributed by atoms with Crippen LogP contribution in [0.25, 0.3) is 0 Å². The fourth-order valence-corrected chi connectivity index (χ4v) is 1.63. The summed E-state index contributed by atoms with van der Waals surface area (Å²) in [5, 5.41) is 9.39. The Balaban J connectivity index is 3.20. The average molecular weight is 237 g/mol. The maximum absolute atomic E-state index is 11.4. The van der Waals surface area contributed by atoms with Crippen LogP contribution in [-0.2, 0) is 10.3 Å². The number of likely N-dealkylation sites (N-methyl/N-ethyl adjacent to an activating group) is 1. The molecule has 1 N–H and O–H groups in total. The number of benzene rings is 1. The van der Waals surface area contributed by atoms with E-state index in [1.54, 1.807) is 38.1 Å². The molecule has 0 saturated carbocycles. The Labute approximate surface area is 102 Å². The summed E-state index contributed by atoms with van der Waals surface area (Å²) in [6, 6.07) is 7.21. The molecule has 4 nitrogen and oxygen atoms in total. The zero-order chi connectivity index (χ0) is 13.1. The summed E-state index contributed by atoms with van der Waals surface area (Å²) >= 11 is 0. The number of rotatable bonds is 5. The molecule has 1 rings (SSSR count). The third-order valence-corrected chi connectivity index (χ3v) is 3.02. The first kappa shape index (κ1) is 13.5. The molecule has 0 aliphatic heterocycles. The quantitative estimate of drug-likeness (QED) is 0.850. The molecule has 17 heavy (non-hydrogen) atoms. The molecule has 1 aromatic carbocycles. The summed E-state index contributed by atoms with van der Waals surface area (Å²) in [6.07, 6.45) is 0. The highest BCUT2D eigenvalue weighted by atomic mass is 16.5. The lowest BCUT2D eigenvalue weighted by Gasteiger charge is -2.32. The van der Waals surface area contributed by atoms with E-state index in [9.17, 15) is 9.90 Å². The molecule has 0 saturated heterocycles. The fourth-order valence-electron chi connectivity index (χ4n) is 1.63. The molecule has 0 fully saturated rings. The molecule has 0 spiro atoms. The third kappa shape index (κ3) is 2.58. The Morgan fingerprint density at radius 1 is 1.47 bits per heavy atom. The highest BCUT2D eigenvalue weighted by molar-refractivity contribution is 5.80. The number of carboxylic acid groups (broad SMARTS) is 1. The zero-order valence-corrected chi connectivity index (χ0v) is 10.7. The first-order valence-electron chi connectivity index (χ1n) is 5.57. The molecule has 0 amide bonds. The van der Waals surface area contributed by atoms with Crippen LogP contribution in [0.4, 0.5) is 0 Å². The molecule has 0 heterocycles. The first-order chi connectivity index (χ1) is 7.92. The van der Waals surface area contributed by atoms with Gasteiger partial charge in [0.25, 0.3) is 0 Å². The minimum absolute atomic E-state index is 0.565. The number of hydrogen-bond donors (Lipinski definition) is 1. The van der Waals surface area contributed by atoms with Crippen molar-refractivity contribution in [1.82, 2.24) is 4.90 Å². The van der Waals surface area contributed by atoms with Crippen LogP contribution >= 0.6 is 0 Å². The Morgan fingerprint density at radius 2 is 2.12 bits per heavy atom. The lowest BCUT2D eigenvalue weighted by Crippen LogP contribution is -2.45. The van der Waals surface area contributed by atoms with E-state index in [0.717, 1.165) is 0 Å². The van der Waals surface area contributed by atoms with Gasteiger partial charge in [-0.2, -0.15) is 0 Å². The third-order valence-electron chi connectivity index (χ3n) is 3.02. The predicted octanol–water partition coefficient (Wildman–Crippen LogP) is 1.95. The van der Waals surface area contributed by atoms with Crippen LogP contribution < -0.4 is 4.74 Å². The van der Waals surface area contributed by atoms with Crippen LogP contribution in [-0.4, -0.2) is 36.7 Å². The van der Waals surface area contributed by atoms with Gasteiger partial charge in [0.1, 0.15) is 11.3 Å². The van der Waals surface area contributed by atoms with Crippen molar-refractivity contribution >= 4 is 5.97 Å². The second-order valence-electron chi connectivity index (χ2n) is 4.23. The summed E-state index contributed by atoms with van der Waals surface area (Å²) in [5.41, 5.74) is -0.339. The molecule has 0 unspecified atom stereocenters. The standard InChI is InChI=1S/C13H19NO3/c1-5-17-11-8-6-7-10(9-11)13(2,12(15)16)14(3)4/h6-9H,5H2,1-4H3,(H,15,16)/t13-/m0/s1. The zero-order valence-electron chi connectivity index (χ0n) is 10.7. The summed E-state index contributed by atoms with van der Waals surface area (Å²) in [7, 11) is 3.50. The number of nitrogens with zero attached hydrogens (tertiary/aromatic N) is 1. The van der Waals surface area contributed by atoms with E-state index in [1.807, 2.05) is 19.1 Å². The minimum Gasteiger partial charge on any atom is -0.494 e. The van der Waals surface area contributed by atoms with Crippen LogP contribution in [0, 0.1) is 0 Å². The van der Waals surface area contributed by atoms with Crippen molar-refractivity contribution in [2.45, 2.75) is 19.4 Å². The van der Waals surface area contributed by atoms with Crippen molar-refractivity contribution in [3.05, 3.63) is 29.8 Å². The van der Waals surface area contributed by atoms with Gasteiger partial charge < -0.3 is 9.84 Å². The normalized spacial score (nSPS) is 14.4. The van der Waals surface area contributed by atoms with E-state index in [4.69, 9.17) is 4.74 Å². The van der Waals surface area contributed by atoms with E-state index in [1.165, 1.54) is 0 Å². The van der Waals surface area contributed by atoms with E-state index in [0.29, 0.717) is 17.9 Å². The Bertz CT molecular complexity index is 403. The fraction of sp³-hybridized carbons (Fsp3) is 0.462. The van der Waals surface area contributed by atoms with Gasteiger partial charge in [-0.15, -0.1) is 0 Å². The van der Waals surface area contributed by atoms with Gasteiger partial charge in [0.15, 0.2) is 0 Å². The number of ether oxygens (including phenoxy) is 1. The number of aliphatic carboxylic acids is 1. The van der Waals surface area contributed by atoms with E-state index in [-0.39, 0.29) is 0 Å². The van der Waals surface area contributed by atoms with Gasteiger partial charge in [0.05, 0.1) is 6.61 Å². The van der Waals surface area contributed by atoms with Gasteiger partial charge in [0.2, 0.25) is 0 Å². The van der Waals surface area contributed by atoms with Crippen LogP contribution in [0.2, 0.25) is 0 Å². The topological polar surface area (TPSA) is 49.8 Å². The second kappa shape index (κ2) is 5.19. The van der Waals surface area contributed by atoms with Gasteiger partial charge in [-0.05, 0) is 45.6 Å². The number of carbonyl (C=O) groups is 1. The number of hydrogen-bond acceptors (Lipinski definition) is 3. The van der Waals surface area contributed by atoms with Gasteiger partial charge in [-0.3, -0.25) is 4.90 Å². The molecule has 1 atom stereocenters. The molecule has 0 aromatic heterocycles. The monoisotopic (exact) mass is 237 g/mol. The molecule has 0 aliphatic carbocycles. The lowest BCUT2D eigenvalue weighted by atomic mass is 9.91. The lowest BCUT2D eigenvalue weighted by molar-refractivity contribution is -0.149. The predicted molar refractivity (Wildman–Crippen MR) is 66.3 cm³/mol. The van der Waals surface area contributed by atoms with Crippen LogP contribution in [0.3, 0.4) is 0 Å². The van der Waals surface area contributed by atoms with E-state index < -0.39 is 11.5 Å². The minimum atomic E-state index is -1.05. The van der Waals surface area contributed by atoms with Crippen molar-refractivity contribution in [3.8, 4) is 5.75 Å². The van der Waals surface area contributed by atoms with Crippen molar-refractivity contribution in [3.63, 3.8) is 0 Å². The molecule has 94 valence electrons. The van der Waals surface area contributed by atoms with Crippen molar-refractivity contribution in [2.24, 2.45) is 0 Å². The van der Waals surface area contributed by atoms with Gasteiger partial charge in [-0.1, -0.05) is 12.1 Å². The Kier molecular flexibility index (Phi) is 4.12. The Morgan fingerprint density at radius 3 is 2.59 bits per heavy atom. The molecular formula is C13H19NO3.